The van der Waals surface area contributed by atoms with Gasteiger partial charge in [-0.1, -0.05) is 158 Å². The van der Waals surface area contributed by atoms with E-state index in [0.29, 0.717) is 13.1 Å². The van der Waals surface area contributed by atoms with Crippen molar-refractivity contribution in [1.82, 2.24) is 0 Å². The lowest BCUT2D eigenvalue weighted by Gasteiger charge is -2.22. The number of nitrogens with one attached hydrogen (secondary N) is 2. The molecule has 2 nitrogen and oxygen atoms in total. The van der Waals surface area contributed by atoms with Crippen LogP contribution >= 0.6 is 0 Å². The quantitative estimate of drug-likeness (QED) is 0.163. The van der Waals surface area contributed by atoms with E-state index in [1.54, 1.807) is 0 Å². The summed E-state index contributed by atoms with van der Waals surface area (Å²) in [7, 11) is 0. The number of hydrogen-bond donors (Lipinski definition) is 2. The summed E-state index contributed by atoms with van der Waals surface area (Å²) in [6.45, 7) is 5.78. The van der Waals surface area contributed by atoms with Gasteiger partial charge in [0.25, 0.3) is 0 Å². The SMILES string of the molecule is Cc1ccccc1-c1ccccc1CNc1ccc2ccccc2c1-c1c(NCc2ccccc2-c2ccccc2C)ccc2ccccc12. The van der Waals surface area contributed by atoms with E-state index in [4.69, 9.17) is 0 Å². The monoisotopic (exact) mass is 644 g/mol. The molecule has 2 N–H and O–H groups in total. The summed E-state index contributed by atoms with van der Waals surface area (Å²) in [5.41, 5.74) is 14.8. The van der Waals surface area contributed by atoms with Crippen molar-refractivity contribution < 1.29 is 0 Å². The summed E-state index contributed by atoms with van der Waals surface area (Å²) < 4.78 is 0. The Bertz CT molecular complexity index is 2300. The molecule has 0 aliphatic rings. The molecule has 50 heavy (non-hydrogen) atoms. The number of anilines is 2. The molecule has 0 fully saturated rings. The van der Waals surface area contributed by atoms with Crippen LogP contribution in [0.15, 0.2) is 170 Å². The maximum Gasteiger partial charge on any atom is 0.0430 e. The first-order chi connectivity index (χ1) is 24.7. The number of aryl methyl sites for hydroxylation is 2. The van der Waals surface area contributed by atoms with Crippen LogP contribution in [0, 0.1) is 13.8 Å². The van der Waals surface area contributed by atoms with Gasteiger partial charge >= 0.3 is 0 Å². The zero-order chi connectivity index (χ0) is 33.9. The Kier molecular flexibility index (Phi) is 8.59. The van der Waals surface area contributed by atoms with E-state index in [2.05, 4.69) is 194 Å². The lowest BCUT2D eigenvalue weighted by atomic mass is 9.90. The van der Waals surface area contributed by atoms with Crippen molar-refractivity contribution in [2.45, 2.75) is 26.9 Å². The fourth-order valence-electron chi connectivity index (χ4n) is 7.38. The Hall–Kier alpha value is -6.12. The molecule has 0 saturated heterocycles. The number of hydrogen-bond acceptors (Lipinski definition) is 2. The van der Waals surface area contributed by atoms with Gasteiger partial charge in [-0.25, -0.2) is 0 Å². The Balaban J connectivity index is 1.24. The molecule has 8 rings (SSSR count). The standard InChI is InChI=1S/C48H40N2/c1-33-15-3-9-21-39(33)41-23-11-7-19-37(41)31-49-45-29-27-35-17-5-13-25-43(35)47(45)48-44-26-14-6-18-36(44)28-30-46(48)50-32-38-20-8-12-24-42(38)40-22-10-4-16-34(40)2/h3-30,49-50H,31-32H2,1-2H3. The van der Waals surface area contributed by atoms with Gasteiger partial charge in [0.1, 0.15) is 0 Å². The maximum atomic E-state index is 3.92. The van der Waals surface area contributed by atoms with Crippen LogP contribution in [0.25, 0.3) is 54.9 Å². The van der Waals surface area contributed by atoms with Gasteiger partial charge in [0.15, 0.2) is 0 Å². The Morgan fingerprint density at radius 2 is 0.700 bits per heavy atom. The molecule has 0 heterocycles. The van der Waals surface area contributed by atoms with Crippen LogP contribution in [0.2, 0.25) is 0 Å². The van der Waals surface area contributed by atoms with E-state index in [1.165, 1.54) is 77.2 Å². The van der Waals surface area contributed by atoms with E-state index in [1.807, 2.05) is 0 Å². The van der Waals surface area contributed by atoms with Crippen LogP contribution in [0.4, 0.5) is 11.4 Å². The second-order valence-electron chi connectivity index (χ2n) is 13.1. The van der Waals surface area contributed by atoms with Crippen molar-refractivity contribution in [3.8, 4) is 33.4 Å². The van der Waals surface area contributed by atoms with Gasteiger partial charge in [-0.15, -0.1) is 0 Å². The van der Waals surface area contributed by atoms with Gasteiger partial charge in [0.2, 0.25) is 0 Å². The smallest absolute Gasteiger partial charge is 0.0430 e. The van der Waals surface area contributed by atoms with Crippen molar-refractivity contribution in [3.05, 3.63) is 192 Å². The molecule has 0 spiro atoms. The highest BCUT2D eigenvalue weighted by molar-refractivity contribution is 6.13. The molecule has 0 amide bonds. The van der Waals surface area contributed by atoms with Crippen LogP contribution in [-0.2, 0) is 13.1 Å². The molecule has 0 radical (unpaired) electrons. The molecular formula is C48H40N2. The Morgan fingerprint density at radius 3 is 1.14 bits per heavy atom. The van der Waals surface area contributed by atoms with Crippen LogP contribution < -0.4 is 10.6 Å². The molecule has 0 unspecified atom stereocenters. The van der Waals surface area contributed by atoms with Gasteiger partial charge in [0.05, 0.1) is 0 Å². The summed E-state index contributed by atoms with van der Waals surface area (Å²) in [5, 5.41) is 12.7. The van der Waals surface area contributed by atoms with Crippen LogP contribution in [0.1, 0.15) is 22.3 Å². The number of rotatable bonds is 9. The van der Waals surface area contributed by atoms with Gasteiger partial charge in [-0.05, 0) is 92.0 Å². The highest BCUT2D eigenvalue weighted by atomic mass is 14.9. The highest BCUT2D eigenvalue weighted by Gasteiger charge is 2.18. The fourth-order valence-corrected chi connectivity index (χ4v) is 7.38. The summed E-state index contributed by atoms with van der Waals surface area (Å²) in [6.07, 6.45) is 0. The molecule has 0 aliphatic heterocycles. The van der Waals surface area contributed by atoms with Gasteiger partial charge < -0.3 is 10.6 Å². The zero-order valence-corrected chi connectivity index (χ0v) is 28.6. The molecule has 0 atom stereocenters. The third-order valence-corrected chi connectivity index (χ3v) is 9.95. The van der Waals surface area contributed by atoms with E-state index < -0.39 is 0 Å². The third-order valence-electron chi connectivity index (χ3n) is 9.95. The minimum Gasteiger partial charge on any atom is -0.380 e. The average Bonchev–Trinajstić information content (AvgIpc) is 3.16. The van der Waals surface area contributed by atoms with E-state index in [0.717, 1.165) is 11.4 Å². The van der Waals surface area contributed by atoms with Crippen molar-refractivity contribution in [1.29, 1.82) is 0 Å². The van der Waals surface area contributed by atoms with Crippen molar-refractivity contribution in [2.75, 3.05) is 10.6 Å². The third kappa shape index (κ3) is 6.01. The van der Waals surface area contributed by atoms with E-state index >= 15 is 0 Å². The minimum atomic E-state index is 0.702. The van der Waals surface area contributed by atoms with Crippen LogP contribution in [0.5, 0.6) is 0 Å². The van der Waals surface area contributed by atoms with E-state index in [9.17, 15) is 0 Å². The second-order valence-corrected chi connectivity index (χ2v) is 13.1. The van der Waals surface area contributed by atoms with E-state index in [-0.39, 0.29) is 0 Å². The van der Waals surface area contributed by atoms with Crippen molar-refractivity contribution >= 4 is 32.9 Å². The topological polar surface area (TPSA) is 24.1 Å². The summed E-state index contributed by atoms with van der Waals surface area (Å²) in [5.74, 6) is 0. The first-order valence-corrected chi connectivity index (χ1v) is 17.4. The first kappa shape index (κ1) is 31.2. The number of benzene rings is 8. The average molecular weight is 645 g/mol. The van der Waals surface area contributed by atoms with Gasteiger partial charge in [-0.2, -0.15) is 0 Å². The maximum absolute atomic E-state index is 3.92. The Labute approximate surface area is 295 Å². The number of fused-ring (bicyclic) bond motifs is 2. The molecule has 242 valence electrons. The van der Waals surface area contributed by atoms with Crippen molar-refractivity contribution in [2.24, 2.45) is 0 Å². The molecule has 8 aromatic rings. The molecule has 2 heteroatoms. The largest absolute Gasteiger partial charge is 0.380 e. The predicted molar refractivity (Wildman–Crippen MR) is 215 cm³/mol. The minimum absolute atomic E-state index is 0.702. The normalized spacial score (nSPS) is 11.2. The van der Waals surface area contributed by atoms with Crippen LogP contribution in [0.3, 0.4) is 0 Å². The molecule has 0 aromatic heterocycles. The summed E-state index contributed by atoms with van der Waals surface area (Å²) >= 11 is 0. The van der Waals surface area contributed by atoms with Gasteiger partial charge in [-0.3, -0.25) is 0 Å². The zero-order valence-electron chi connectivity index (χ0n) is 28.6. The fraction of sp³-hybridized carbons (Fsp3) is 0.0833. The Morgan fingerprint density at radius 1 is 0.340 bits per heavy atom. The predicted octanol–water partition coefficient (Wildman–Crippen LogP) is 12.8. The molecule has 0 bridgehead atoms. The molecular weight excluding hydrogens is 605 g/mol. The lowest BCUT2D eigenvalue weighted by Crippen LogP contribution is -2.06. The van der Waals surface area contributed by atoms with Gasteiger partial charge in [0, 0.05) is 35.6 Å². The summed E-state index contributed by atoms with van der Waals surface area (Å²) in [4.78, 5) is 0. The summed E-state index contributed by atoms with van der Waals surface area (Å²) in [6, 6.07) is 61.3. The molecule has 0 saturated carbocycles. The first-order valence-electron chi connectivity index (χ1n) is 17.4. The molecule has 8 aromatic carbocycles. The second kappa shape index (κ2) is 13.8. The van der Waals surface area contributed by atoms with Crippen LogP contribution in [-0.4, -0.2) is 0 Å². The highest BCUT2D eigenvalue weighted by Crippen LogP contribution is 2.44. The molecule has 0 aliphatic carbocycles. The van der Waals surface area contributed by atoms with Crippen molar-refractivity contribution in [3.63, 3.8) is 0 Å². The lowest BCUT2D eigenvalue weighted by molar-refractivity contribution is 1.15.